The van der Waals surface area contributed by atoms with Crippen LogP contribution in [0.3, 0.4) is 0 Å². The highest BCUT2D eigenvalue weighted by molar-refractivity contribution is 8.15. The van der Waals surface area contributed by atoms with Gasteiger partial charge >= 0.3 is 0 Å². The highest BCUT2D eigenvalue weighted by Crippen LogP contribution is 2.40. The van der Waals surface area contributed by atoms with E-state index in [-0.39, 0.29) is 28.6 Å². The quantitative estimate of drug-likeness (QED) is 0.838. The molecule has 2 aliphatic rings. The summed E-state index contributed by atoms with van der Waals surface area (Å²) < 4.78 is 23.4. The molecule has 0 saturated carbocycles. The number of sulfone groups is 1. The molecule has 0 aliphatic carbocycles. The van der Waals surface area contributed by atoms with E-state index in [1.165, 1.54) is 18.7 Å². The smallest absolute Gasteiger partial charge is 0.161 e. The van der Waals surface area contributed by atoms with Crippen LogP contribution in [0.2, 0.25) is 0 Å². The molecule has 2 fully saturated rings. The maximum atomic E-state index is 11.7. The van der Waals surface area contributed by atoms with Crippen molar-refractivity contribution in [2.24, 2.45) is 0 Å². The summed E-state index contributed by atoms with van der Waals surface area (Å²) in [7, 11) is -3.00. The molecule has 0 spiro atoms. The number of benzene rings is 1. The second-order valence-corrected chi connectivity index (χ2v) is 8.46. The fourth-order valence-corrected chi connectivity index (χ4v) is 6.46. The van der Waals surface area contributed by atoms with E-state index in [2.05, 4.69) is 0 Å². The Morgan fingerprint density at radius 3 is 2.55 bits per heavy atom. The largest absolute Gasteiger partial charge is 0.316 e. The number of nitrogens with zero attached hydrogens (tertiary/aromatic N) is 1. The Kier molecular flexibility index (Phi) is 3.13. The number of amidine groups is 1. The first-order chi connectivity index (χ1) is 9.37. The lowest BCUT2D eigenvalue weighted by Gasteiger charge is -2.23. The van der Waals surface area contributed by atoms with E-state index in [4.69, 9.17) is 5.41 Å². The average Bonchev–Trinajstić information content (AvgIpc) is 2.79. The van der Waals surface area contributed by atoms with Gasteiger partial charge in [-0.15, -0.1) is 0 Å². The molecule has 1 N–H and O–H groups in total. The van der Waals surface area contributed by atoms with Gasteiger partial charge < -0.3 is 4.90 Å². The van der Waals surface area contributed by atoms with Crippen LogP contribution >= 0.6 is 11.8 Å². The Balaban J connectivity index is 1.93. The van der Waals surface area contributed by atoms with Crippen LogP contribution in [-0.4, -0.2) is 42.2 Å². The number of nitrogens with one attached hydrogen (secondary N) is 1. The number of fused-ring (bicyclic) bond motifs is 1. The number of rotatable bonds is 2. The number of ketones is 1. The van der Waals surface area contributed by atoms with Crippen molar-refractivity contribution >= 4 is 38.2 Å². The van der Waals surface area contributed by atoms with Crippen LogP contribution in [0.5, 0.6) is 0 Å². The molecule has 2 heterocycles. The van der Waals surface area contributed by atoms with Crippen molar-refractivity contribution < 1.29 is 13.2 Å². The van der Waals surface area contributed by atoms with Gasteiger partial charge in [0.1, 0.15) is 0 Å². The third kappa shape index (κ3) is 2.25. The van der Waals surface area contributed by atoms with Gasteiger partial charge in [0.2, 0.25) is 0 Å². The zero-order valence-corrected chi connectivity index (χ0v) is 12.5. The van der Waals surface area contributed by atoms with Crippen molar-refractivity contribution in [1.82, 2.24) is 0 Å². The number of hydrogen-bond donors (Lipinski definition) is 1. The zero-order valence-electron chi connectivity index (χ0n) is 10.9. The van der Waals surface area contributed by atoms with Crippen molar-refractivity contribution in [3.05, 3.63) is 29.8 Å². The van der Waals surface area contributed by atoms with Gasteiger partial charge in [-0.25, -0.2) is 8.42 Å². The molecule has 0 amide bonds. The molecule has 0 radical (unpaired) electrons. The van der Waals surface area contributed by atoms with Crippen LogP contribution in [0.25, 0.3) is 0 Å². The maximum absolute atomic E-state index is 11.7. The van der Waals surface area contributed by atoms with Crippen molar-refractivity contribution in [3.8, 4) is 0 Å². The van der Waals surface area contributed by atoms with Crippen LogP contribution in [0.1, 0.15) is 17.3 Å². The minimum absolute atomic E-state index is 0.0104. The maximum Gasteiger partial charge on any atom is 0.161 e. The molecule has 7 heteroatoms. The minimum atomic E-state index is -3.00. The van der Waals surface area contributed by atoms with Gasteiger partial charge in [-0.3, -0.25) is 10.2 Å². The lowest BCUT2D eigenvalue weighted by Crippen LogP contribution is -2.37. The van der Waals surface area contributed by atoms with Crippen molar-refractivity contribution in [1.29, 1.82) is 5.41 Å². The second-order valence-electron chi connectivity index (χ2n) is 5.08. The van der Waals surface area contributed by atoms with Crippen molar-refractivity contribution in [2.45, 2.75) is 18.2 Å². The molecule has 2 atom stereocenters. The van der Waals surface area contributed by atoms with Crippen molar-refractivity contribution in [2.75, 3.05) is 16.4 Å². The molecule has 3 rings (SSSR count). The zero-order chi connectivity index (χ0) is 14.5. The van der Waals surface area contributed by atoms with Crippen LogP contribution in [0.15, 0.2) is 24.3 Å². The van der Waals surface area contributed by atoms with Gasteiger partial charge in [-0.2, -0.15) is 0 Å². The van der Waals surface area contributed by atoms with E-state index in [0.717, 1.165) is 5.69 Å². The summed E-state index contributed by atoms with van der Waals surface area (Å²) in [6.45, 7) is 1.50. The van der Waals surface area contributed by atoms with Crippen molar-refractivity contribution in [3.63, 3.8) is 0 Å². The van der Waals surface area contributed by atoms with E-state index >= 15 is 0 Å². The fourth-order valence-electron chi connectivity index (χ4n) is 2.67. The molecule has 0 aromatic heterocycles. The Labute approximate surface area is 121 Å². The Hall–Kier alpha value is -1.34. The van der Waals surface area contributed by atoms with Crippen LogP contribution < -0.4 is 4.90 Å². The van der Waals surface area contributed by atoms with Gasteiger partial charge in [0.05, 0.1) is 17.5 Å². The molecule has 106 valence electrons. The van der Waals surface area contributed by atoms with Gasteiger partial charge in [0.25, 0.3) is 0 Å². The molecule has 1 aromatic carbocycles. The number of carbonyl (C=O) groups is 1. The summed E-state index contributed by atoms with van der Waals surface area (Å²) in [6, 6.07) is 6.82. The van der Waals surface area contributed by atoms with Crippen LogP contribution in [0, 0.1) is 5.41 Å². The molecular formula is C13H14N2O3S2. The highest BCUT2D eigenvalue weighted by atomic mass is 32.2. The van der Waals surface area contributed by atoms with E-state index < -0.39 is 9.84 Å². The lowest BCUT2D eigenvalue weighted by molar-refractivity contribution is 0.101. The molecule has 20 heavy (non-hydrogen) atoms. The summed E-state index contributed by atoms with van der Waals surface area (Å²) in [5, 5.41) is 8.36. The van der Waals surface area contributed by atoms with Gasteiger partial charge in [-0.05, 0) is 31.2 Å². The van der Waals surface area contributed by atoms with Crippen LogP contribution in [-0.2, 0) is 9.84 Å². The number of thioether (sulfide) groups is 1. The van der Waals surface area contributed by atoms with E-state index in [9.17, 15) is 13.2 Å². The standard InChI is InChI=1S/C13H14N2O3S2/c1-8(16)9-2-4-10(5-3-9)15-11-6-20(17,18)7-12(11)19-13(15)14/h2-5,11-12,14H,6-7H2,1H3/t11-,12-/m1/s1. The first-order valence-electron chi connectivity index (χ1n) is 6.23. The summed E-state index contributed by atoms with van der Waals surface area (Å²) in [5.74, 6) is 0.234. The summed E-state index contributed by atoms with van der Waals surface area (Å²) >= 11 is 1.31. The lowest BCUT2D eigenvalue weighted by atomic mass is 10.1. The number of carbonyl (C=O) groups excluding carboxylic acids is 1. The molecule has 0 bridgehead atoms. The Morgan fingerprint density at radius 1 is 1.30 bits per heavy atom. The molecule has 2 aliphatic heterocycles. The monoisotopic (exact) mass is 310 g/mol. The molecule has 1 aromatic rings. The summed E-state index contributed by atoms with van der Waals surface area (Å²) in [4.78, 5) is 13.0. The predicted octanol–water partition coefficient (Wildman–Crippen LogP) is 1.54. The third-order valence-corrected chi connectivity index (χ3v) is 6.77. The third-order valence-electron chi connectivity index (χ3n) is 3.64. The van der Waals surface area contributed by atoms with Gasteiger partial charge in [0, 0.05) is 16.5 Å². The SMILES string of the molecule is CC(=O)c1ccc(N2C(=N)S[C@@H]3CS(=O)(=O)C[C@H]32)cc1. The van der Waals surface area contributed by atoms with Crippen LogP contribution in [0.4, 0.5) is 5.69 Å². The number of anilines is 1. The Morgan fingerprint density at radius 2 is 1.95 bits per heavy atom. The highest BCUT2D eigenvalue weighted by Gasteiger charge is 2.48. The van der Waals surface area contributed by atoms with E-state index in [0.29, 0.717) is 10.7 Å². The summed E-state index contributed by atoms with van der Waals surface area (Å²) in [6.07, 6.45) is 0. The fraction of sp³-hybridized carbons (Fsp3) is 0.385. The normalized spacial score (nSPS) is 27.6. The van der Waals surface area contributed by atoms with Gasteiger partial charge in [0.15, 0.2) is 20.8 Å². The average molecular weight is 310 g/mol. The predicted molar refractivity (Wildman–Crippen MR) is 80.5 cm³/mol. The molecule has 0 unspecified atom stereocenters. The van der Waals surface area contributed by atoms with E-state index in [1.54, 1.807) is 29.2 Å². The second kappa shape index (κ2) is 4.60. The first kappa shape index (κ1) is 13.6. The molecular weight excluding hydrogens is 296 g/mol. The molecule has 2 saturated heterocycles. The minimum Gasteiger partial charge on any atom is -0.316 e. The topological polar surface area (TPSA) is 78.3 Å². The summed E-state index contributed by atoms with van der Waals surface area (Å²) in [5.41, 5.74) is 1.39. The Bertz CT molecular complexity index is 682. The molecule has 5 nitrogen and oxygen atoms in total. The first-order valence-corrected chi connectivity index (χ1v) is 8.93. The van der Waals surface area contributed by atoms with Gasteiger partial charge in [-0.1, -0.05) is 11.8 Å². The number of Topliss-reactive ketones (excluding diaryl/α,β-unsaturated/α-hetero) is 1. The van der Waals surface area contributed by atoms with E-state index in [1.807, 2.05) is 0 Å². The number of hydrogen-bond acceptors (Lipinski definition) is 5.